The molecule has 4 atom stereocenters. The van der Waals surface area contributed by atoms with E-state index in [-0.39, 0.29) is 63.7 Å². The summed E-state index contributed by atoms with van der Waals surface area (Å²) >= 11 is 1.07. The fourth-order valence-electron chi connectivity index (χ4n) is 4.64. The Morgan fingerprint density at radius 3 is 2.53 bits per heavy atom. The molecule has 2 saturated heterocycles. The average molecular weight is 632 g/mol. The molecular formula is C26H40N2O7SSeSi. The van der Waals surface area contributed by atoms with Gasteiger partial charge in [0.25, 0.3) is 0 Å². The predicted molar refractivity (Wildman–Crippen MR) is 151 cm³/mol. The third-order valence-corrected chi connectivity index (χ3v) is 12.8. The number of likely N-dealkylation sites (N-methyl/N-ethyl adjacent to an activating group) is 1. The Morgan fingerprint density at radius 2 is 1.89 bits per heavy atom. The Kier molecular flexibility index (Phi) is 11.4. The van der Waals surface area contributed by atoms with E-state index >= 15 is 0 Å². The number of carbonyl (C=O) groups excluding carboxylic acids is 3. The fourth-order valence-corrected chi connectivity index (χ4v) is 11.1. The van der Waals surface area contributed by atoms with Crippen LogP contribution in [0.2, 0.25) is 30.5 Å². The minimum atomic E-state index is -1.59. The summed E-state index contributed by atoms with van der Waals surface area (Å²) in [5, 5.41) is 10.5. The van der Waals surface area contributed by atoms with E-state index in [0.717, 1.165) is 10.5 Å². The van der Waals surface area contributed by atoms with Crippen LogP contribution in [0.25, 0.3) is 0 Å². The quantitative estimate of drug-likeness (QED) is 0.133. The van der Waals surface area contributed by atoms with E-state index in [4.69, 9.17) is 14.2 Å². The van der Waals surface area contributed by atoms with Crippen LogP contribution in [-0.2, 0) is 28.6 Å². The standard InChI is InChI=1S/C26H40N2O7SSeSi/c1-27-16-23(31)28-20(15-22(30)26(28,25(27)32)36-13-14-38(3,4)5)24(35-18-34-12-11-33-2)21(17-29)37-19-9-7-6-8-10-19/h6-10,20-21,24,29H,11-18H2,1-5H3/t20-,21?,24+,26+/m0/s1. The van der Waals surface area contributed by atoms with Crippen LogP contribution in [0.4, 0.5) is 0 Å². The molecule has 212 valence electrons. The minimum absolute atomic E-state index is 0.00459. The topological polar surface area (TPSA) is 106 Å². The van der Waals surface area contributed by atoms with Gasteiger partial charge in [-0.2, -0.15) is 0 Å². The molecule has 1 aromatic carbocycles. The first-order chi connectivity index (χ1) is 18.0. The van der Waals surface area contributed by atoms with E-state index in [9.17, 15) is 19.5 Å². The summed E-state index contributed by atoms with van der Waals surface area (Å²) in [7, 11) is 1.71. The van der Waals surface area contributed by atoms with Crippen molar-refractivity contribution in [2.24, 2.45) is 0 Å². The van der Waals surface area contributed by atoms with Crippen LogP contribution in [0.1, 0.15) is 6.42 Å². The van der Waals surface area contributed by atoms with Crippen molar-refractivity contribution in [3.05, 3.63) is 30.3 Å². The number of Topliss-reactive ketones (excluding diaryl/α,β-unsaturated/α-hetero) is 1. The molecule has 1 aromatic rings. The number of hydrogen-bond acceptors (Lipinski definition) is 8. The van der Waals surface area contributed by atoms with Gasteiger partial charge in [-0.1, -0.05) is 0 Å². The molecule has 0 spiro atoms. The van der Waals surface area contributed by atoms with Gasteiger partial charge in [0.1, 0.15) is 0 Å². The summed E-state index contributed by atoms with van der Waals surface area (Å²) in [6, 6.07) is 10.0. The van der Waals surface area contributed by atoms with Crippen molar-refractivity contribution in [3.63, 3.8) is 0 Å². The molecule has 2 fully saturated rings. The summed E-state index contributed by atoms with van der Waals surface area (Å²) in [5.41, 5.74) is 0. The zero-order chi connectivity index (χ0) is 27.9. The summed E-state index contributed by atoms with van der Waals surface area (Å²) in [5.74, 6) is -0.290. The Morgan fingerprint density at radius 1 is 1.18 bits per heavy atom. The van der Waals surface area contributed by atoms with Crippen LogP contribution in [0.15, 0.2) is 30.3 Å². The number of carbonyl (C=O) groups is 3. The van der Waals surface area contributed by atoms with Crippen molar-refractivity contribution in [2.75, 3.05) is 53.1 Å². The van der Waals surface area contributed by atoms with Gasteiger partial charge >= 0.3 is 238 Å². The van der Waals surface area contributed by atoms with Crippen LogP contribution in [0, 0.1) is 0 Å². The molecule has 1 unspecified atom stereocenters. The van der Waals surface area contributed by atoms with Crippen molar-refractivity contribution in [1.82, 2.24) is 9.80 Å². The second kappa shape index (κ2) is 13.9. The normalized spacial score (nSPS) is 23.6. The third kappa shape index (κ3) is 7.28. The van der Waals surface area contributed by atoms with Gasteiger partial charge in [0.15, 0.2) is 0 Å². The van der Waals surface area contributed by atoms with Gasteiger partial charge in [-0.3, -0.25) is 0 Å². The number of ketones is 1. The van der Waals surface area contributed by atoms with Crippen LogP contribution < -0.4 is 4.46 Å². The molecule has 12 heteroatoms. The van der Waals surface area contributed by atoms with E-state index in [1.807, 2.05) is 30.3 Å². The van der Waals surface area contributed by atoms with Gasteiger partial charge in [0, 0.05) is 0 Å². The number of thioether (sulfide) groups is 1. The first kappa shape index (κ1) is 31.3. The second-order valence-electron chi connectivity index (χ2n) is 10.7. The Labute approximate surface area is 237 Å². The maximum absolute atomic E-state index is 13.8. The summed E-state index contributed by atoms with van der Waals surface area (Å²) < 4.78 is 17.9. The number of methoxy groups -OCH3 is 1. The molecule has 0 aliphatic carbocycles. The zero-order valence-electron chi connectivity index (χ0n) is 22.9. The van der Waals surface area contributed by atoms with E-state index < -0.39 is 25.1 Å². The first-order valence-electron chi connectivity index (χ1n) is 12.8. The van der Waals surface area contributed by atoms with Crippen LogP contribution in [-0.4, -0.2) is 126 Å². The van der Waals surface area contributed by atoms with Crippen LogP contribution in [0.5, 0.6) is 0 Å². The van der Waals surface area contributed by atoms with Crippen molar-refractivity contribution in [2.45, 2.75) is 53.9 Å². The number of ether oxygens (including phenoxy) is 3. The van der Waals surface area contributed by atoms with Gasteiger partial charge in [-0.25, -0.2) is 0 Å². The molecule has 0 radical (unpaired) electrons. The van der Waals surface area contributed by atoms with Crippen molar-refractivity contribution >= 4 is 56.9 Å². The molecule has 1 N–H and O–H groups in total. The van der Waals surface area contributed by atoms with Gasteiger partial charge in [-0.15, -0.1) is 0 Å². The predicted octanol–water partition coefficient (Wildman–Crippen LogP) is 1.21. The van der Waals surface area contributed by atoms with Crippen molar-refractivity contribution in [3.8, 4) is 0 Å². The summed E-state index contributed by atoms with van der Waals surface area (Å²) in [4.78, 5) is 41.9. The van der Waals surface area contributed by atoms with Gasteiger partial charge in [0.2, 0.25) is 0 Å². The first-order valence-corrected chi connectivity index (χ1v) is 19.3. The summed E-state index contributed by atoms with van der Waals surface area (Å²) in [6.07, 6.45) is -0.693. The summed E-state index contributed by atoms with van der Waals surface area (Å²) in [6.45, 7) is 7.09. The number of benzene rings is 1. The van der Waals surface area contributed by atoms with Crippen molar-refractivity contribution < 1.29 is 33.7 Å². The molecule has 3 rings (SSSR count). The molecule has 9 nitrogen and oxygen atoms in total. The van der Waals surface area contributed by atoms with Gasteiger partial charge in [-0.05, 0) is 0 Å². The second-order valence-corrected chi connectivity index (χ2v) is 20.4. The van der Waals surface area contributed by atoms with Gasteiger partial charge < -0.3 is 0 Å². The van der Waals surface area contributed by atoms with Crippen molar-refractivity contribution in [1.29, 1.82) is 0 Å². The number of fused-ring (bicyclic) bond motifs is 1. The average Bonchev–Trinajstić information content (AvgIpc) is 3.16. The van der Waals surface area contributed by atoms with E-state index in [2.05, 4.69) is 19.6 Å². The number of amides is 2. The Hall–Kier alpha value is -1.24. The van der Waals surface area contributed by atoms with Gasteiger partial charge in [0.05, 0.1) is 0 Å². The molecule has 0 aromatic heterocycles. The Bertz CT molecular complexity index is 967. The number of rotatable bonds is 15. The number of nitrogens with zero attached hydrogens (tertiary/aromatic N) is 2. The SMILES string of the molecule is COCCOCO[C@@H](C(CO)[Se]c1ccccc1)[C@@H]1CC(=O)[C@@]2(SCC[Si](C)(C)C)C(=O)N(C)CC(=O)N12. The monoisotopic (exact) mass is 632 g/mol. The fraction of sp³-hybridized carbons (Fsp3) is 0.654. The van der Waals surface area contributed by atoms with E-state index in [1.54, 1.807) is 14.2 Å². The molecule has 38 heavy (non-hydrogen) atoms. The number of piperazine rings is 1. The maximum atomic E-state index is 13.8. The molecule has 2 amide bonds. The van der Waals surface area contributed by atoms with Crippen LogP contribution >= 0.6 is 11.8 Å². The zero-order valence-corrected chi connectivity index (χ0v) is 26.4. The molecule has 2 aliphatic heterocycles. The molecular weight excluding hydrogens is 591 g/mol. The Balaban J connectivity index is 1.95. The molecule has 2 heterocycles. The van der Waals surface area contributed by atoms with E-state index in [1.165, 1.54) is 21.6 Å². The number of aliphatic hydroxyl groups is 1. The number of aliphatic hydroxyl groups excluding tert-OH is 1. The molecule has 2 aliphatic rings. The van der Waals surface area contributed by atoms with Crippen LogP contribution in [0.3, 0.4) is 0 Å². The molecule has 0 saturated carbocycles. The molecule has 0 bridgehead atoms. The number of hydrogen-bond donors (Lipinski definition) is 1. The van der Waals surface area contributed by atoms with E-state index in [0.29, 0.717) is 19.0 Å². The third-order valence-electron chi connectivity index (χ3n) is 6.62.